The third-order valence-electron chi connectivity index (χ3n) is 3.41. The summed E-state index contributed by atoms with van der Waals surface area (Å²) in [6.45, 7) is 3.46. The van der Waals surface area contributed by atoms with Crippen LogP contribution in [0.1, 0.15) is 26.2 Å². The van der Waals surface area contributed by atoms with Crippen molar-refractivity contribution in [3.05, 3.63) is 23.5 Å². The molecule has 112 valence electrons. The van der Waals surface area contributed by atoms with E-state index in [4.69, 9.17) is 11.6 Å². The number of halogens is 1. The third-order valence-corrected chi connectivity index (χ3v) is 5.34. The van der Waals surface area contributed by atoms with E-state index in [0.717, 1.165) is 31.6 Å². The van der Waals surface area contributed by atoms with Gasteiger partial charge >= 0.3 is 0 Å². The van der Waals surface area contributed by atoms with E-state index in [0.29, 0.717) is 11.4 Å². The quantitative estimate of drug-likeness (QED) is 0.902. The molecule has 2 rings (SSSR count). The van der Waals surface area contributed by atoms with Gasteiger partial charge in [0.05, 0.1) is 16.5 Å². The first-order valence-electron chi connectivity index (χ1n) is 6.86. The molecule has 0 aliphatic carbocycles. The van der Waals surface area contributed by atoms with Crippen LogP contribution in [0, 0.1) is 0 Å². The highest BCUT2D eigenvalue weighted by Crippen LogP contribution is 2.27. The highest BCUT2D eigenvalue weighted by Gasteiger charge is 2.24. The van der Waals surface area contributed by atoms with Crippen molar-refractivity contribution in [1.82, 2.24) is 9.71 Å². The summed E-state index contributed by atoms with van der Waals surface area (Å²) in [5.74, 6) is 0.198. The summed E-state index contributed by atoms with van der Waals surface area (Å²) in [6.07, 6.45) is 5.58. The number of rotatable bonds is 5. The Morgan fingerprint density at radius 3 is 2.75 bits per heavy atom. The van der Waals surface area contributed by atoms with Crippen LogP contribution in [0.25, 0.3) is 0 Å². The van der Waals surface area contributed by atoms with Gasteiger partial charge < -0.3 is 4.90 Å². The van der Waals surface area contributed by atoms with Gasteiger partial charge in [0.1, 0.15) is 0 Å². The van der Waals surface area contributed by atoms with Crippen molar-refractivity contribution >= 4 is 27.3 Å². The Labute approximate surface area is 125 Å². The summed E-state index contributed by atoms with van der Waals surface area (Å²) in [5.41, 5.74) is 0.969. The molecule has 7 heteroatoms. The summed E-state index contributed by atoms with van der Waals surface area (Å²) in [5, 5.41) is 0.637. The van der Waals surface area contributed by atoms with Gasteiger partial charge in [0.2, 0.25) is 10.0 Å². The molecule has 0 amide bonds. The van der Waals surface area contributed by atoms with Crippen molar-refractivity contribution in [3.63, 3.8) is 0 Å². The minimum absolute atomic E-state index is 0.0309. The number of pyridine rings is 1. The van der Waals surface area contributed by atoms with E-state index < -0.39 is 10.0 Å². The van der Waals surface area contributed by atoms with E-state index in [1.807, 2.05) is 13.0 Å². The molecule has 1 saturated heterocycles. The predicted octanol–water partition coefficient (Wildman–Crippen LogP) is 2.03. The fourth-order valence-corrected chi connectivity index (χ4v) is 4.08. The lowest BCUT2D eigenvalue weighted by Crippen LogP contribution is -2.45. The van der Waals surface area contributed by atoms with Gasteiger partial charge in [-0.05, 0) is 25.3 Å². The molecule has 0 unspecified atom stereocenters. The van der Waals surface area contributed by atoms with E-state index in [-0.39, 0.29) is 11.8 Å². The lowest BCUT2D eigenvalue weighted by atomic mass is 10.1. The number of aromatic nitrogens is 1. The SMILES string of the molecule is CCCS(=O)(=O)NC1CCN(c2ccncc2Cl)CC1. The molecule has 2 heterocycles. The Bertz CT molecular complexity index is 542. The van der Waals surface area contributed by atoms with Gasteiger partial charge in [0, 0.05) is 31.5 Å². The second kappa shape index (κ2) is 6.74. The average Bonchev–Trinajstić information content (AvgIpc) is 2.40. The van der Waals surface area contributed by atoms with Gasteiger partial charge in [-0.3, -0.25) is 4.98 Å². The van der Waals surface area contributed by atoms with Crippen LogP contribution in [0.15, 0.2) is 18.5 Å². The highest BCUT2D eigenvalue weighted by atomic mass is 35.5. The third kappa shape index (κ3) is 4.07. The molecule has 0 atom stereocenters. The predicted molar refractivity (Wildman–Crippen MR) is 81.7 cm³/mol. The number of hydrogen-bond acceptors (Lipinski definition) is 4. The summed E-state index contributed by atoms with van der Waals surface area (Å²) >= 11 is 6.13. The number of hydrogen-bond donors (Lipinski definition) is 1. The van der Waals surface area contributed by atoms with E-state index in [1.165, 1.54) is 0 Å². The smallest absolute Gasteiger partial charge is 0.211 e. The summed E-state index contributed by atoms with van der Waals surface area (Å²) in [6, 6.07) is 1.92. The van der Waals surface area contributed by atoms with Crippen molar-refractivity contribution < 1.29 is 8.42 Å². The summed E-state index contributed by atoms with van der Waals surface area (Å²) in [4.78, 5) is 6.15. The monoisotopic (exact) mass is 317 g/mol. The molecule has 1 aliphatic rings. The molecule has 1 aliphatic heterocycles. The molecular weight excluding hydrogens is 298 g/mol. The first-order chi connectivity index (χ1) is 9.52. The van der Waals surface area contributed by atoms with Gasteiger partial charge in [-0.15, -0.1) is 0 Å². The number of sulfonamides is 1. The summed E-state index contributed by atoms with van der Waals surface area (Å²) < 4.78 is 26.3. The minimum Gasteiger partial charge on any atom is -0.370 e. The van der Waals surface area contributed by atoms with E-state index >= 15 is 0 Å². The zero-order valence-corrected chi connectivity index (χ0v) is 13.1. The second-order valence-corrected chi connectivity index (χ2v) is 7.31. The first-order valence-corrected chi connectivity index (χ1v) is 8.89. The molecule has 0 bridgehead atoms. The maximum atomic E-state index is 11.8. The Hall–Kier alpha value is -0.850. The minimum atomic E-state index is -3.13. The highest BCUT2D eigenvalue weighted by molar-refractivity contribution is 7.89. The van der Waals surface area contributed by atoms with Crippen molar-refractivity contribution in [2.75, 3.05) is 23.7 Å². The van der Waals surface area contributed by atoms with Crippen LogP contribution in [0.2, 0.25) is 5.02 Å². The molecule has 0 spiro atoms. The van der Waals surface area contributed by atoms with Crippen LogP contribution < -0.4 is 9.62 Å². The molecular formula is C13H20ClN3O2S. The van der Waals surface area contributed by atoms with E-state index in [2.05, 4.69) is 14.6 Å². The average molecular weight is 318 g/mol. The van der Waals surface area contributed by atoms with Crippen LogP contribution in [0.4, 0.5) is 5.69 Å². The molecule has 0 radical (unpaired) electrons. The lowest BCUT2D eigenvalue weighted by molar-refractivity contribution is 0.460. The van der Waals surface area contributed by atoms with Crippen molar-refractivity contribution in [2.24, 2.45) is 0 Å². The van der Waals surface area contributed by atoms with Crippen molar-refractivity contribution in [2.45, 2.75) is 32.2 Å². The van der Waals surface area contributed by atoms with Crippen molar-refractivity contribution in [3.8, 4) is 0 Å². The topological polar surface area (TPSA) is 62.3 Å². The van der Waals surface area contributed by atoms with E-state index in [1.54, 1.807) is 12.4 Å². The fraction of sp³-hybridized carbons (Fsp3) is 0.615. The molecule has 1 aromatic heterocycles. The molecule has 0 aromatic carbocycles. The Morgan fingerprint density at radius 1 is 1.45 bits per heavy atom. The van der Waals surface area contributed by atoms with E-state index in [9.17, 15) is 8.42 Å². The van der Waals surface area contributed by atoms with Gasteiger partial charge in [-0.2, -0.15) is 0 Å². The first kappa shape index (κ1) is 15.5. The normalized spacial score (nSPS) is 17.4. The van der Waals surface area contributed by atoms with Crippen LogP contribution in [-0.4, -0.2) is 38.3 Å². The number of anilines is 1. The van der Waals surface area contributed by atoms with Gasteiger partial charge in [-0.25, -0.2) is 13.1 Å². The number of nitrogens with one attached hydrogen (secondary N) is 1. The Balaban J connectivity index is 1.92. The number of piperidine rings is 1. The van der Waals surface area contributed by atoms with Crippen LogP contribution in [0.5, 0.6) is 0 Å². The Kier molecular flexibility index (Phi) is 5.23. The molecule has 1 fully saturated rings. The maximum Gasteiger partial charge on any atom is 0.211 e. The largest absolute Gasteiger partial charge is 0.370 e. The maximum absolute atomic E-state index is 11.8. The molecule has 20 heavy (non-hydrogen) atoms. The van der Waals surface area contributed by atoms with Crippen LogP contribution in [0.3, 0.4) is 0 Å². The van der Waals surface area contributed by atoms with Crippen LogP contribution in [-0.2, 0) is 10.0 Å². The van der Waals surface area contributed by atoms with Gasteiger partial charge in [-0.1, -0.05) is 18.5 Å². The number of nitrogens with zero attached hydrogens (tertiary/aromatic N) is 2. The lowest BCUT2D eigenvalue weighted by Gasteiger charge is -2.34. The molecule has 0 saturated carbocycles. The zero-order valence-electron chi connectivity index (χ0n) is 11.5. The molecule has 1 aromatic rings. The molecule has 1 N–H and O–H groups in total. The fourth-order valence-electron chi connectivity index (χ4n) is 2.44. The summed E-state index contributed by atoms with van der Waals surface area (Å²) in [7, 11) is -3.13. The zero-order chi connectivity index (χ0) is 14.6. The van der Waals surface area contributed by atoms with Gasteiger partial charge in [0.25, 0.3) is 0 Å². The standard InChI is InChI=1S/C13H20ClN3O2S/c1-2-9-20(18,19)16-11-4-7-17(8-5-11)13-3-6-15-10-12(13)14/h3,6,10-11,16H,2,4-5,7-9H2,1H3. The van der Waals surface area contributed by atoms with Gasteiger partial charge in [0.15, 0.2) is 0 Å². The Morgan fingerprint density at radius 2 is 2.15 bits per heavy atom. The molecule has 5 nitrogen and oxygen atoms in total. The van der Waals surface area contributed by atoms with Crippen molar-refractivity contribution in [1.29, 1.82) is 0 Å². The van der Waals surface area contributed by atoms with Crippen LogP contribution >= 0.6 is 11.6 Å². The second-order valence-electron chi connectivity index (χ2n) is 5.03.